The molecular weight excluding hydrogens is 222 g/mol. The van der Waals surface area contributed by atoms with Gasteiger partial charge >= 0.3 is 0 Å². The van der Waals surface area contributed by atoms with E-state index in [4.69, 9.17) is 4.74 Å². The molecule has 2 aromatic rings. The summed E-state index contributed by atoms with van der Waals surface area (Å²) in [6.45, 7) is 0.566. The number of ether oxygens (including phenoxy) is 1. The van der Waals surface area contributed by atoms with Crippen LogP contribution in [0.15, 0.2) is 42.6 Å². The van der Waals surface area contributed by atoms with E-state index in [1.807, 2.05) is 30.5 Å². The molecule has 1 aromatic heterocycles. The summed E-state index contributed by atoms with van der Waals surface area (Å²) >= 11 is 0. The molecule has 0 amide bonds. The van der Waals surface area contributed by atoms with Crippen LogP contribution in [0.4, 0.5) is 0 Å². The molecular formula is C16H15NO. The predicted molar refractivity (Wildman–Crippen MR) is 72.4 cm³/mol. The molecule has 1 aliphatic rings. The van der Waals surface area contributed by atoms with Crippen molar-refractivity contribution in [2.24, 2.45) is 0 Å². The van der Waals surface area contributed by atoms with Crippen molar-refractivity contribution in [3.05, 3.63) is 58.6 Å². The number of pyridine rings is 1. The first-order valence-electron chi connectivity index (χ1n) is 6.25. The van der Waals surface area contributed by atoms with Gasteiger partial charge < -0.3 is 4.74 Å². The fraction of sp³-hybridized carbons (Fsp3) is 0.188. The van der Waals surface area contributed by atoms with Crippen molar-refractivity contribution in [2.75, 3.05) is 0 Å². The summed E-state index contributed by atoms with van der Waals surface area (Å²) in [5.74, 6) is 0.698. The summed E-state index contributed by atoms with van der Waals surface area (Å²) in [6, 6.07) is 12.2. The SMILES string of the molecule is C1=c2cnc(OCc3ccccc3)cc2=CCC1. The fourth-order valence-electron chi connectivity index (χ4n) is 2.10. The van der Waals surface area contributed by atoms with Gasteiger partial charge in [0.2, 0.25) is 5.88 Å². The van der Waals surface area contributed by atoms with E-state index in [1.165, 1.54) is 10.4 Å². The van der Waals surface area contributed by atoms with E-state index >= 15 is 0 Å². The Kier molecular flexibility index (Phi) is 3.09. The van der Waals surface area contributed by atoms with Gasteiger partial charge in [-0.1, -0.05) is 42.5 Å². The molecule has 0 saturated heterocycles. The summed E-state index contributed by atoms with van der Waals surface area (Å²) in [7, 11) is 0. The molecule has 1 aliphatic carbocycles. The standard InChI is InChI=1S/C16H15NO/c1-2-6-13(7-3-1)12-18-16-10-14-8-4-5-9-15(14)11-17-16/h1-3,6-11H,4-5,12H2. The van der Waals surface area contributed by atoms with Crippen molar-refractivity contribution in [2.45, 2.75) is 19.4 Å². The quantitative estimate of drug-likeness (QED) is 0.814. The molecule has 1 heterocycles. The molecule has 0 saturated carbocycles. The molecule has 3 rings (SSSR count). The second kappa shape index (κ2) is 5.05. The van der Waals surface area contributed by atoms with Gasteiger partial charge in [0.15, 0.2) is 0 Å². The van der Waals surface area contributed by atoms with Crippen LogP contribution >= 0.6 is 0 Å². The van der Waals surface area contributed by atoms with Crippen molar-refractivity contribution in [3.63, 3.8) is 0 Å². The van der Waals surface area contributed by atoms with E-state index in [0.717, 1.165) is 18.4 Å². The first kappa shape index (κ1) is 11.0. The van der Waals surface area contributed by atoms with Crippen LogP contribution in [0.1, 0.15) is 18.4 Å². The van der Waals surface area contributed by atoms with Gasteiger partial charge in [-0.25, -0.2) is 4.98 Å². The van der Waals surface area contributed by atoms with E-state index in [9.17, 15) is 0 Å². The fourth-order valence-corrected chi connectivity index (χ4v) is 2.10. The second-order valence-corrected chi connectivity index (χ2v) is 4.41. The summed E-state index contributed by atoms with van der Waals surface area (Å²) in [5, 5.41) is 2.45. The lowest BCUT2D eigenvalue weighted by atomic mass is 10.1. The van der Waals surface area contributed by atoms with Crippen LogP contribution in [0.25, 0.3) is 12.2 Å². The molecule has 0 aliphatic heterocycles. The lowest BCUT2D eigenvalue weighted by Crippen LogP contribution is -2.27. The van der Waals surface area contributed by atoms with E-state index in [2.05, 4.69) is 29.3 Å². The van der Waals surface area contributed by atoms with Crippen LogP contribution < -0.4 is 15.2 Å². The minimum Gasteiger partial charge on any atom is -0.473 e. The van der Waals surface area contributed by atoms with Gasteiger partial charge in [0.05, 0.1) is 0 Å². The Morgan fingerprint density at radius 3 is 2.61 bits per heavy atom. The Morgan fingerprint density at radius 2 is 1.78 bits per heavy atom. The first-order chi connectivity index (χ1) is 8.92. The van der Waals surface area contributed by atoms with Crippen molar-refractivity contribution >= 4 is 12.2 Å². The number of rotatable bonds is 3. The minimum atomic E-state index is 0.566. The lowest BCUT2D eigenvalue weighted by molar-refractivity contribution is 0.293. The van der Waals surface area contributed by atoms with Crippen molar-refractivity contribution in [1.29, 1.82) is 0 Å². The first-order valence-corrected chi connectivity index (χ1v) is 6.25. The lowest BCUT2D eigenvalue weighted by Gasteiger charge is -2.06. The topological polar surface area (TPSA) is 22.1 Å². The Labute approximate surface area is 106 Å². The highest BCUT2D eigenvalue weighted by Gasteiger charge is 1.99. The maximum atomic E-state index is 5.71. The van der Waals surface area contributed by atoms with Gasteiger partial charge in [0.1, 0.15) is 6.61 Å². The molecule has 0 bridgehead atoms. The largest absolute Gasteiger partial charge is 0.473 e. The van der Waals surface area contributed by atoms with E-state index in [-0.39, 0.29) is 0 Å². The van der Waals surface area contributed by atoms with Gasteiger partial charge in [-0.3, -0.25) is 0 Å². The highest BCUT2D eigenvalue weighted by atomic mass is 16.5. The molecule has 0 spiro atoms. The molecule has 18 heavy (non-hydrogen) atoms. The maximum Gasteiger partial charge on any atom is 0.214 e. The van der Waals surface area contributed by atoms with Gasteiger partial charge in [-0.05, 0) is 28.8 Å². The number of fused-ring (bicyclic) bond motifs is 1. The van der Waals surface area contributed by atoms with E-state index in [1.54, 1.807) is 0 Å². The van der Waals surface area contributed by atoms with Crippen LogP contribution in [-0.4, -0.2) is 4.98 Å². The molecule has 0 fully saturated rings. The van der Waals surface area contributed by atoms with Crippen LogP contribution in [-0.2, 0) is 6.61 Å². The molecule has 90 valence electrons. The van der Waals surface area contributed by atoms with E-state index in [0.29, 0.717) is 12.5 Å². The minimum absolute atomic E-state index is 0.566. The molecule has 0 atom stereocenters. The van der Waals surface area contributed by atoms with Crippen LogP contribution in [0.3, 0.4) is 0 Å². The number of aromatic nitrogens is 1. The van der Waals surface area contributed by atoms with Crippen LogP contribution in [0.2, 0.25) is 0 Å². The summed E-state index contributed by atoms with van der Waals surface area (Å²) < 4.78 is 5.71. The van der Waals surface area contributed by atoms with Gasteiger partial charge in [-0.2, -0.15) is 0 Å². The third-order valence-electron chi connectivity index (χ3n) is 3.07. The molecule has 0 unspecified atom stereocenters. The van der Waals surface area contributed by atoms with Crippen molar-refractivity contribution in [3.8, 4) is 5.88 Å². The van der Waals surface area contributed by atoms with Crippen molar-refractivity contribution in [1.82, 2.24) is 4.98 Å². The Balaban J connectivity index is 1.78. The van der Waals surface area contributed by atoms with Crippen molar-refractivity contribution < 1.29 is 4.74 Å². The zero-order valence-corrected chi connectivity index (χ0v) is 10.2. The molecule has 0 N–H and O–H groups in total. The molecule has 1 aromatic carbocycles. The summed E-state index contributed by atoms with van der Waals surface area (Å²) in [4.78, 5) is 4.33. The smallest absolute Gasteiger partial charge is 0.214 e. The highest BCUT2D eigenvalue weighted by Crippen LogP contribution is 2.06. The van der Waals surface area contributed by atoms with Crippen LogP contribution in [0.5, 0.6) is 5.88 Å². The normalized spacial score (nSPS) is 13.1. The van der Waals surface area contributed by atoms with E-state index < -0.39 is 0 Å². The number of benzene rings is 1. The Bertz CT molecular complexity index is 647. The maximum absolute atomic E-state index is 5.71. The molecule has 0 radical (unpaired) electrons. The highest BCUT2D eigenvalue weighted by molar-refractivity contribution is 5.38. The molecule has 2 nitrogen and oxygen atoms in total. The third-order valence-corrected chi connectivity index (χ3v) is 3.07. The second-order valence-electron chi connectivity index (χ2n) is 4.41. The summed E-state index contributed by atoms with van der Waals surface area (Å²) in [6.07, 6.45) is 8.58. The van der Waals surface area contributed by atoms with Gasteiger partial charge in [-0.15, -0.1) is 0 Å². The average molecular weight is 237 g/mol. The predicted octanol–water partition coefficient (Wildman–Crippen LogP) is 2.02. The zero-order valence-electron chi connectivity index (χ0n) is 10.2. The zero-order chi connectivity index (χ0) is 12.2. The number of hydrogen-bond acceptors (Lipinski definition) is 2. The Morgan fingerprint density at radius 1 is 1.00 bits per heavy atom. The van der Waals surface area contributed by atoms with Gasteiger partial charge in [0.25, 0.3) is 0 Å². The third kappa shape index (κ3) is 2.43. The summed E-state index contributed by atoms with van der Waals surface area (Å²) in [5.41, 5.74) is 1.16. The number of hydrogen-bond donors (Lipinski definition) is 0. The monoisotopic (exact) mass is 237 g/mol. The Hall–Kier alpha value is -2.09. The average Bonchev–Trinajstić information content (AvgIpc) is 2.46. The van der Waals surface area contributed by atoms with Crippen LogP contribution in [0, 0.1) is 0 Å². The van der Waals surface area contributed by atoms with Gasteiger partial charge in [0, 0.05) is 12.3 Å². The molecule has 2 heteroatoms. The number of nitrogens with zero attached hydrogens (tertiary/aromatic N) is 1.